The molecule has 35 heavy (non-hydrogen) atoms. The second kappa shape index (κ2) is 14.2. The fourth-order valence-electron chi connectivity index (χ4n) is 5.36. The van der Waals surface area contributed by atoms with Crippen molar-refractivity contribution in [3.8, 4) is 6.07 Å². The highest BCUT2D eigenvalue weighted by Crippen LogP contribution is 2.30. The lowest BCUT2D eigenvalue weighted by Crippen LogP contribution is -2.47. The Bertz CT molecular complexity index is 816. The van der Waals surface area contributed by atoms with E-state index in [1.165, 1.54) is 83.7 Å². The summed E-state index contributed by atoms with van der Waals surface area (Å²) in [5.41, 5.74) is 1.26. The summed E-state index contributed by atoms with van der Waals surface area (Å²) in [7, 11) is 0. The van der Waals surface area contributed by atoms with Gasteiger partial charge in [0.05, 0.1) is 12.1 Å². The van der Waals surface area contributed by atoms with Gasteiger partial charge in [-0.25, -0.2) is 0 Å². The zero-order chi connectivity index (χ0) is 24.3. The molecule has 7 heteroatoms. The molecular weight excluding hydrogens is 456 g/mol. The first kappa shape index (κ1) is 26.4. The van der Waals surface area contributed by atoms with Gasteiger partial charge in [0.1, 0.15) is 0 Å². The van der Waals surface area contributed by atoms with E-state index in [-0.39, 0.29) is 6.04 Å². The van der Waals surface area contributed by atoms with Gasteiger partial charge in [-0.05, 0) is 88.8 Å². The molecule has 0 spiro atoms. The quantitative estimate of drug-likeness (QED) is 0.345. The summed E-state index contributed by atoms with van der Waals surface area (Å²) in [6.45, 7) is 11.8. The Morgan fingerprint density at radius 1 is 1.06 bits per heavy atom. The highest BCUT2D eigenvalue weighted by Gasteiger charge is 2.26. The van der Waals surface area contributed by atoms with Crippen LogP contribution >= 0.6 is 11.6 Å². The molecule has 2 aliphatic heterocycles. The van der Waals surface area contributed by atoms with Crippen LogP contribution in [0.3, 0.4) is 0 Å². The molecule has 2 heterocycles. The minimum atomic E-state index is 0.137. The number of allylic oxidation sites excluding steroid dienone is 3. The van der Waals surface area contributed by atoms with Crippen molar-refractivity contribution >= 4 is 17.8 Å². The average Bonchev–Trinajstić information content (AvgIpc) is 3.69. The maximum absolute atomic E-state index is 8.76. The van der Waals surface area contributed by atoms with Crippen molar-refractivity contribution in [1.29, 1.82) is 5.26 Å². The molecule has 1 saturated heterocycles. The molecule has 2 fully saturated rings. The van der Waals surface area contributed by atoms with Crippen LogP contribution in [0.15, 0.2) is 40.0 Å². The van der Waals surface area contributed by atoms with Gasteiger partial charge in [0, 0.05) is 68.6 Å². The Morgan fingerprint density at radius 2 is 1.80 bits per heavy atom. The van der Waals surface area contributed by atoms with E-state index in [0.717, 1.165) is 36.9 Å². The number of dihydropyridines is 1. The fraction of sp³-hybridized carbons (Fsp3) is 0.714. The van der Waals surface area contributed by atoms with E-state index >= 15 is 0 Å². The second-order valence-corrected chi connectivity index (χ2v) is 11.0. The van der Waals surface area contributed by atoms with Crippen LogP contribution in [0.5, 0.6) is 0 Å². The predicted molar refractivity (Wildman–Crippen MR) is 146 cm³/mol. The van der Waals surface area contributed by atoms with Gasteiger partial charge in [0.15, 0.2) is 0 Å². The third-order valence-electron chi connectivity index (χ3n) is 7.65. The molecule has 0 bridgehead atoms. The van der Waals surface area contributed by atoms with Crippen LogP contribution in [0.1, 0.15) is 44.9 Å². The third kappa shape index (κ3) is 9.06. The van der Waals surface area contributed by atoms with Gasteiger partial charge in [-0.15, -0.1) is 0 Å². The summed E-state index contributed by atoms with van der Waals surface area (Å²) in [6, 6.07) is 2.41. The van der Waals surface area contributed by atoms with Gasteiger partial charge in [-0.1, -0.05) is 17.7 Å². The second-order valence-electron chi connectivity index (χ2n) is 10.5. The summed E-state index contributed by atoms with van der Waals surface area (Å²) in [5.74, 6) is 1.24. The number of unbranched alkanes of at least 4 members (excludes halogenated alkanes) is 2. The molecule has 2 atom stereocenters. The van der Waals surface area contributed by atoms with Crippen molar-refractivity contribution in [2.75, 3.05) is 65.4 Å². The molecule has 2 unspecified atom stereocenters. The first-order valence-corrected chi connectivity index (χ1v) is 14.2. The van der Waals surface area contributed by atoms with Gasteiger partial charge in [0.2, 0.25) is 0 Å². The largest absolute Gasteiger partial charge is 0.388 e. The molecule has 4 rings (SSSR count). The van der Waals surface area contributed by atoms with Crippen molar-refractivity contribution < 1.29 is 0 Å². The minimum absolute atomic E-state index is 0.137. The Hall–Kier alpha value is -1.65. The van der Waals surface area contributed by atoms with Crippen LogP contribution in [0.4, 0.5) is 0 Å². The molecular formula is C28H43ClN6. The standard InChI is InChI=1S/C28H43ClN6/c29-25-8-9-26-27(10-13-32-28(26)22-25)31-12-4-15-33-18-20-34(21-19-33)16-5-17-35(23-24-6-7-24)14-3-1-2-11-30/h8-10,13,22,24,26,28,31H,1-7,12,14-21,23H2. The highest BCUT2D eigenvalue weighted by molar-refractivity contribution is 6.31. The topological polar surface area (TPSA) is 57.9 Å². The van der Waals surface area contributed by atoms with E-state index in [1.807, 2.05) is 18.4 Å². The normalized spacial score (nSPS) is 24.7. The summed E-state index contributed by atoms with van der Waals surface area (Å²) in [5, 5.41) is 13.2. The third-order valence-corrected chi connectivity index (χ3v) is 7.90. The number of aliphatic imine (C=N–C) groups is 1. The number of nitriles is 1. The van der Waals surface area contributed by atoms with Crippen molar-refractivity contribution in [2.45, 2.75) is 51.0 Å². The summed E-state index contributed by atoms with van der Waals surface area (Å²) in [6.07, 6.45) is 18.4. The van der Waals surface area contributed by atoms with E-state index in [2.05, 4.69) is 43.2 Å². The van der Waals surface area contributed by atoms with Crippen LogP contribution in [0.2, 0.25) is 0 Å². The predicted octanol–water partition coefficient (Wildman–Crippen LogP) is 4.03. The molecule has 192 valence electrons. The highest BCUT2D eigenvalue weighted by atomic mass is 35.5. The number of fused-ring (bicyclic) bond motifs is 1. The zero-order valence-corrected chi connectivity index (χ0v) is 22.0. The Labute approximate surface area is 217 Å². The number of hydrogen-bond donors (Lipinski definition) is 1. The molecule has 0 amide bonds. The lowest BCUT2D eigenvalue weighted by Gasteiger charge is -2.35. The average molecular weight is 499 g/mol. The van der Waals surface area contributed by atoms with Gasteiger partial charge in [0.25, 0.3) is 0 Å². The van der Waals surface area contributed by atoms with Crippen LogP contribution in [0, 0.1) is 23.2 Å². The van der Waals surface area contributed by atoms with Gasteiger partial charge < -0.3 is 20.0 Å². The fourth-order valence-corrected chi connectivity index (χ4v) is 5.56. The van der Waals surface area contributed by atoms with Crippen LogP contribution in [0.25, 0.3) is 0 Å². The molecule has 2 aliphatic carbocycles. The lowest BCUT2D eigenvalue weighted by atomic mass is 9.90. The van der Waals surface area contributed by atoms with Crippen LogP contribution in [-0.4, -0.2) is 92.4 Å². The Morgan fingerprint density at radius 3 is 2.54 bits per heavy atom. The summed E-state index contributed by atoms with van der Waals surface area (Å²) >= 11 is 6.14. The van der Waals surface area contributed by atoms with Crippen molar-refractivity contribution in [3.63, 3.8) is 0 Å². The van der Waals surface area contributed by atoms with E-state index < -0.39 is 0 Å². The molecule has 0 radical (unpaired) electrons. The van der Waals surface area contributed by atoms with E-state index in [4.69, 9.17) is 16.9 Å². The summed E-state index contributed by atoms with van der Waals surface area (Å²) < 4.78 is 0. The summed E-state index contributed by atoms with van der Waals surface area (Å²) in [4.78, 5) is 12.5. The number of piperazine rings is 1. The van der Waals surface area contributed by atoms with Crippen molar-refractivity contribution in [2.24, 2.45) is 16.8 Å². The lowest BCUT2D eigenvalue weighted by molar-refractivity contribution is 0.125. The van der Waals surface area contributed by atoms with Crippen LogP contribution in [-0.2, 0) is 0 Å². The van der Waals surface area contributed by atoms with Crippen molar-refractivity contribution in [3.05, 3.63) is 35.0 Å². The number of rotatable bonds is 15. The van der Waals surface area contributed by atoms with E-state index in [0.29, 0.717) is 12.3 Å². The van der Waals surface area contributed by atoms with Crippen LogP contribution < -0.4 is 5.32 Å². The maximum atomic E-state index is 8.76. The smallest absolute Gasteiger partial charge is 0.0814 e. The number of nitrogens with zero attached hydrogens (tertiary/aromatic N) is 5. The first-order chi connectivity index (χ1) is 17.2. The Kier molecular flexibility index (Phi) is 10.7. The van der Waals surface area contributed by atoms with E-state index in [9.17, 15) is 0 Å². The molecule has 1 saturated carbocycles. The number of nitrogens with one attached hydrogen (secondary N) is 1. The molecule has 4 aliphatic rings. The van der Waals surface area contributed by atoms with Gasteiger partial charge in [-0.2, -0.15) is 5.26 Å². The first-order valence-electron chi connectivity index (χ1n) is 13.8. The number of hydrogen-bond acceptors (Lipinski definition) is 6. The van der Waals surface area contributed by atoms with Crippen molar-refractivity contribution in [1.82, 2.24) is 20.0 Å². The molecule has 0 aromatic heterocycles. The SMILES string of the molecule is N#CCCCCN(CCCN1CCN(CCCNC2=CC=NC3C=C(Cl)C=CC23)CC1)CC1CC1. The minimum Gasteiger partial charge on any atom is -0.388 e. The molecule has 0 aromatic carbocycles. The monoisotopic (exact) mass is 498 g/mol. The molecule has 1 N–H and O–H groups in total. The maximum Gasteiger partial charge on any atom is 0.0814 e. The Balaban J connectivity index is 1.05. The molecule has 6 nitrogen and oxygen atoms in total. The van der Waals surface area contributed by atoms with Gasteiger partial charge >= 0.3 is 0 Å². The van der Waals surface area contributed by atoms with Gasteiger partial charge in [-0.3, -0.25) is 4.99 Å². The zero-order valence-electron chi connectivity index (χ0n) is 21.3. The number of halogens is 1. The molecule has 0 aromatic rings. The van der Waals surface area contributed by atoms with E-state index in [1.54, 1.807) is 0 Å².